The minimum atomic E-state index is 0. The lowest BCUT2D eigenvalue weighted by Gasteiger charge is -2.27. The van der Waals surface area contributed by atoms with Crippen LogP contribution in [0.1, 0.15) is 17.5 Å². The van der Waals surface area contributed by atoms with E-state index in [4.69, 9.17) is 6.42 Å². The zero-order valence-corrected chi connectivity index (χ0v) is 16.1. The van der Waals surface area contributed by atoms with E-state index >= 15 is 0 Å². The summed E-state index contributed by atoms with van der Waals surface area (Å²) in [7, 11) is 1.82. The Kier molecular flexibility index (Phi) is 9.41. The van der Waals surface area contributed by atoms with Gasteiger partial charge >= 0.3 is 0 Å². The van der Waals surface area contributed by atoms with Crippen molar-refractivity contribution in [3.63, 3.8) is 0 Å². The Labute approximate surface area is 155 Å². The predicted molar refractivity (Wildman–Crippen MR) is 108 cm³/mol. The Morgan fingerprint density at radius 1 is 1.41 bits per heavy atom. The lowest BCUT2D eigenvalue weighted by Crippen LogP contribution is -2.46. The Morgan fingerprint density at radius 2 is 2.18 bits per heavy atom. The first-order valence-corrected chi connectivity index (χ1v) is 8.54. The van der Waals surface area contributed by atoms with Crippen LogP contribution in [0.4, 0.5) is 0 Å². The molecule has 0 bridgehead atoms. The van der Waals surface area contributed by atoms with Crippen LogP contribution in [0, 0.1) is 12.3 Å². The van der Waals surface area contributed by atoms with Crippen LogP contribution in [0.2, 0.25) is 0 Å². The molecule has 1 aromatic rings. The van der Waals surface area contributed by atoms with Crippen molar-refractivity contribution in [3.05, 3.63) is 35.4 Å². The van der Waals surface area contributed by atoms with Gasteiger partial charge in [0, 0.05) is 25.4 Å². The molecule has 1 aromatic carbocycles. The lowest BCUT2D eigenvalue weighted by atomic mass is 9.88. The molecule has 1 unspecified atom stereocenters. The van der Waals surface area contributed by atoms with Gasteiger partial charge in [-0.2, -0.15) is 0 Å². The summed E-state index contributed by atoms with van der Waals surface area (Å²) in [4.78, 5) is 4.30. The number of halogens is 1. The third-order valence-electron chi connectivity index (χ3n) is 3.64. The second-order valence-electron chi connectivity index (χ2n) is 5.11. The van der Waals surface area contributed by atoms with E-state index in [9.17, 15) is 0 Å². The lowest BCUT2D eigenvalue weighted by molar-refractivity contribution is 0.521. The molecule has 0 amide bonds. The molecular weight excluding hydrogens is 405 g/mol. The number of thioether (sulfide) groups is 1. The largest absolute Gasteiger partial charge is 0.356 e. The maximum absolute atomic E-state index is 5.23. The zero-order valence-electron chi connectivity index (χ0n) is 13.0. The van der Waals surface area contributed by atoms with Crippen LogP contribution in [-0.2, 0) is 12.8 Å². The van der Waals surface area contributed by atoms with Crippen LogP contribution in [0.25, 0.3) is 0 Å². The van der Waals surface area contributed by atoms with E-state index in [0.717, 1.165) is 43.3 Å². The Bertz CT molecular complexity index is 525. The number of rotatable bonds is 5. The number of hydrogen-bond donors (Lipinski definition) is 2. The van der Waals surface area contributed by atoms with Crippen molar-refractivity contribution >= 4 is 41.7 Å². The van der Waals surface area contributed by atoms with Crippen molar-refractivity contribution in [3.8, 4) is 12.3 Å². The van der Waals surface area contributed by atoms with Gasteiger partial charge in [-0.1, -0.05) is 30.2 Å². The van der Waals surface area contributed by atoms with Gasteiger partial charge in [-0.25, -0.2) is 0 Å². The molecule has 1 atom stereocenters. The molecule has 0 heterocycles. The summed E-state index contributed by atoms with van der Waals surface area (Å²) < 4.78 is 0. The van der Waals surface area contributed by atoms with E-state index in [1.54, 1.807) is 11.8 Å². The SMILES string of the molecule is C#CCSCCNC(=NC)NC1CCc2ccccc2C1.I. The molecule has 22 heavy (non-hydrogen) atoms. The molecule has 2 N–H and O–H groups in total. The number of hydrogen-bond acceptors (Lipinski definition) is 2. The summed E-state index contributed by atoms with van der Waals surface area (Å²) in [5.74, 6) is 5.29. The van der Waals surface area contributed by atoms with E-state index in [0.29, 0.717) is 6.04 Å². The molecule has 0 saturated heterocycles. The molecule has 0 saturated carbocycles. The average Bonchev–Trinajstić information content (AvgIpc) is 2.53. The van der Waals surface area contributed by atoms with Gasteiger partial charge < -0.3 is 10.6 Å². The third-order valence-corrected chi connectivity index (χ3v) is 4.50. The van der Waals surface area contributed by atoms with Gasteiger partial charge in [0.2, 0.25) is 0 Å². The van der Waals surface area contributed by atoms with Crippen molar-refractivity contribution < 1.29 is 0 Å². The number of guanidine groups is 1. The molecule has 1 aliphatic rings. The Morgan fingerprint density at radius 3 is 2.91 bits per heavy atom. The number of aryl methyl sites for hydroxylation is 1. The van der Waals surface area contributed by atoms with Crippen molar-refractivity contribution in [2.75, 3.05) is 25.1 Å². The highest BCUT2D eigenvalue weighted by Gasteiger charge is 2.18. The van der Waals surface area contributed by atoms with E-state index < -0.39 is 0 Å². The fourth-order valence-electron chi connectivity index (χ4n) is 2.58. The van der Waals surface area contributed by atoms with Crippen LogP contribution in [0.3, 0.4) is 0 Å². The van der Waals surface area contributed by atoms with Crippen LogP contribution in [-0.4, -0.2) is 37.1 Å². The topological polar surface area (TPSA) is 36.4 Å². The second-order valence-corrected chi connectivity index (χ2v) is 6.21. The molecule has 0 spiro atoms. The normalized spacial score (nSPS) is 16.9. The Hall–Kier alpha value is -0.870. The molecular formula is C17H24IN3S. The number of fused-ring (bicyclic) bond motifs is 1. The van der Waals surface area contributed by atoms with Gasteiger partial charge in [0.05, 0.1) is 5.75 Å². The van der Waals surface area contributed by atoms with Gasteiger partial charge in [0.1, 0.15) is 0 Å². The van der Waals surface area contributed by atoms with Gasteiger partial charge in [-0.15, -0.1) is 42.2 Å². The highest BCUT2D eigenvalue weighted by molar-refractivity contribution is 14.0. The van der Waals surface area contributed by atoms with Gasteiger partial charge in [0.25, 0.3) is 0 Å². The molecule has 0 radical (unpaired) electrons. The smallest absolute Gasteiger partial charge is 0.191 e. The second kappa shape index (κ2) is 10.8. The van der Waals surface area contributed by atoms with Crippen molar-refractivity contribution in [1.82, 2.24) is 10.6 Å². The molecule has 5 heteroatoms. The van der Waals surface area contributed by atoms with Crippen LogP contribution >= 0.6 is 35.7 Å². The minimum Gasteiger partial charge on any atom is -0.356 e. The summed E-state index contributed by atoms with van der Waals surface area (Å²) >= 11 is 1.76. The summed E-state index contributed by atoms with van der Waals surface area (Å²) in [5, 5.41) is 6.88. The summed E-state index contributed by atoms with van der Waals surface area (Å²) in [6.07, 6.45) is 8.60. The van der Waals surface area contributed by atoms with Gasteiger partial charge in [-0.05, 0) is 30.4 Å². The fourth-order valence-corrected chi connectivity index (χ4v) is 3.09. The van der Waals surface area contributed by atoms with Crippen molar-refractivity contribution in [2.24, 2.45) is 4.99 Å². The first-order valence-electron chi connectivity index (χ1n) is 7.38. The number of nitrogens with zero attached hydrogens (tertiary/aromatic N) is 1. The summed E-state index contributed by atoms with van der Waals surface area (Å²) in [6, 6.07) is 9.18. The molecule has 0 fully saturated rings. The average molecular weight is 429 g/mol. The Balaban J connectivity index is 0.00000242. The van der Waals surface area contributed by atoms with E-state index in [1.807, 2.05) is 7.05 Å². The van der Waals surface area contributed by atoms with Gasteiger partial charge in [-0.3, -0.25) is 4.99 Å². The molecule has 120 valence electrons. The van der Waals surface area contributed by atoms with Crippen molar-refractivity contribution in [1.29, 1.82) is 0 Å². The van der Waals surface area contributed by atoms with Crippen LogP contribution in [0.15, 0.2) is 29.3 Å². The molecule has 1 aliphatic carbocycles. The van der Waals surface area contributed by atoms with Crippen molar-refractivity contribution in [2.45, 2.75) is 25.3 Å². The highest BCUT2D eigenvalue weighted by Crippen LogP contribution is 2.20. The van der Waals surface area contributed by atoms with E-state index in [2.05, 4.69) is 45.8 Å². The predicted octanol–water partition coefficient (Wildman–Crippen LogP) is 2.69. The first-order chi connectivity index (χ1) is 10.3. The molecule has 0 aromatic heterocycles. The van der Waals surface area contributed by atoms with Gasteiger partial charge in [0.15, 0.2) is 5.96 Å². The molecule has 3 nitrogen and oxygen atoms in total. The first kappa shape index (κ1) is 19.2. The number of benzene rings is 1. The molecule has 0 aliphatic heterocycles. The standard InChI is InChI=1S/C17H23N3S.HI/c1-3-11-21-12-10-19-17(18-2)20-16-9-8-14-6-4-5-7-15(14)13-16;/h1,4-7,16H,8-13H2,2H3,(H2,18,19,20);1H. The summed E-state index contributed by atoms with van der Waals surface area (Å²) in [6.45, 7) is 0.884. The quantitative estimate of drug-likeness (QED) is 0.249. The zero-order chi connectivity index (χ0) is 14.9. The number of aliphatic imine (C=N–C) groups is 1. The fraction of sp³-hybridized carbons (Fsp3) is 0.471. The van der Waals surface area contributed by atoms with E-state index in [1.165, 1.54) is 11.1 Å². The maximum atomic E-state index is 5.23. The monoisotopic (exact) mass is 429 g/mol. The number of nitrogens with one attached hydrogen (secondary N) is 2. The maximum Gasteiger partial charge on any atom is 0.191 e. The minimum absolute atomic E-state index is 0. The van der Waals surface area contributed by atoms with Crippen LogP contribution in [0.5, 0.6) is 0 Å². The third kappa shape index (κ3) is 6.09. The molecule has 2 rings (SSSR count). The highest BCUT2D eigenvalue weighted by atomic mass is 127. The number of terminal acetylenes is 1. The summed E-state index contributed by atoms with van der Waals surface area (Å²) in [5.41, 5.74) is 2.95. The van der Waals surface area contributed by atoms with E-state index in [-0.39, 0.29) is 24.0 Å². The van der Waals surface area contributed by atoms with Crippen LogP contribution < -0.4 is 10.6 Å².